The highest BCUT2D eigenvalue weighted by Gasteiger charge is 2.24. The fourth-order valence-electron chi connectivity index (χ4n) is 2.64. The first kappa shape index (κ1) is 14.5. The van der Waals surface area contributed by atoms with Crippen molar-refractivity contribution < 1.29 is 9.90 Å². The van der Waals surface area contributed by atoms with Gasteiger partial charge in [0.05, 0.1) is 11.1 Å². The Morgan fingerprint density at radius 2 is 2.20 bits per heavy atom. The smallest absolute Gasteiger partial charge is 0.255 e. The van der Waals surface area contributed by atoms with Gasteiger partial charge in [-0.3, -0.25) is 9.78 Å². The first-order chi connectivity index (χ1) is 9.74. The number of aliphatic hydroxyl groups excluding tert-OH is 1. The van der Waals surface area contributed by atoms with Crippen molar-refractivity contribution in [1.29, 1.82) is 0 Å². The molecule has 1 aromatic rings. The summed E-state index contributed by atoms with van der Waals surface area (Å²) in [5.74, 6) is 5.35. The van der Waals surface area contributed by atoms with Gasteiger partial charge < -0.3 is 10.0 Å². The van der Waals surface area contributed by atoms with E-state index in [-0.39, 0.29) is 12.5 Å². The Hall–Kier alpha value is -1.86. The molecule has 0 aliphatic heterocycles. The van der Waals surface area contributed by atoms with Crippen LogP contribution in [0.5, 0.6) is 0 Å². The van der Waals surface area contributed by atoms with Gasteiger partial charge in [-0.25, -0.2) is 0 Å². The molecule has 1 N–H and O–H groups in total. The number of amides is 1. The molecule has 1 aliphatic carbocycles. The molecule has 1 heterocycles. The molecule has 0 atom stereocenters. The summed E-state index contributed by atoms with van der Waals surface area (Å²) in [5.41, 5.74) is 1.14. The summed E-state index contributed by atoms with van der Waals surface area (Å²) in [6, 6.07) is 2.02. The predicted molar refractivity (Wildman–Crippen MR) is 77.2 cm³/mol. The van der Waals surface area contributed by atoms with Crippen molar-refractivity contribution in [1.82, 2.24) is 9.88 Å². The molecule has 1 amide bonds. The van der Waals surface area contributed by atoms with Crippen LogP contribution < -0.4 is 0 Å². The third-order valence-corrected chi connectivity index (χ3v) is 3.80. The zero-order valence-corrected chi connectivity index (χ0v) is 11.8. The van der Waals surface area contributed by atoms with Crippen molar-refractivity contribution in [2.75, 3.05) is 13.7 Å². The number of rotatable bonds is 2. The molecule has 0 bridgehead atoms. The summed E-state index contributed by atoms with van der Waals surface area (Å²) in [7, 11) is 1.86. The molecular weight excluding hydrogens is 252 g/mol. The number of aromatic nitrogens is 1. The van der Waals surface area contributed by atoms with Gasteiger partial charge in [-0.1, -0.05) is 31.1 Å². The summed E-state index contributed by atoms with van der Waals surface area (Å²) in [6.07, 6.45) is 8.97. The van der Waals surface area contributed by atoms with Crippen molar-refractivity contribution >= 4 is 5.91 Å². The largest absolute Gasteiger partial charge is 0.384 e. The van der Waals surface area contributed by atoms with E-state index in [1.165, 1.54) is 19.3 Å². The zero-order valence-electron chi connectivity index (χ0n) is 11.8. The lowest BCUT2D eigenvalue weighted by atomic mass is 9.94. The van der Waals surface area contributed by atoms with Gasteiger partial charge in [0.2, 0.25) is 0 Å². The van der Waals surface area contributed by atoms with E-state index >= 15 is 0 Å². The predicted octanol–water partition coefficient (Wildman–Crippen LogP) is 1.83. The Kier molecular flexibility index (Phi) is 5.14. The minimum Gasteiger partial charge on any atom is -0.384 e. The molecule has 106 valence electrons. The van der Waals surface area contributed by atoms with E-state index in [1.807, 2.05) is 11.9 Å². The molecule has 0 aromatic carbocycles. The van der Waals surface area contributed by atoms with E-state index in [0.717, 1.165) is 12.8 Å². The van der Waals surface area contributed by atoms with E-state index in [2.05, 4.69) is 16.8 Å². The van der Waals surface area contributed by atoms with Crippen LogP contribution in [0.3, 0.4) is 0 Å². The maximum Gasteiger partial charge on any atom is 0.255 e. The SMILES string of the molecule is CN(C(=O)c1ccncc1C#CCO)C1CCCCC1. The molecule has 1 saturated carbocycles. The monoisotopic (exact) mass is 272 g/mol. The average Bonchev–Trinajstić information content (AvgIpc) is 2.52. The first-order valence-corrected chi connectivity index (χ1v) is 7.05. The Morgan fingerprint density at radius 3 is 2.90 bits per heavy atom. The van der Waals surface area contributed by atoms with Crippen LogP contribution >= 0.6 is 0 Å². The molecular formula is C16H20N2O2. The molecule has 1 aliphatic rings. The lowest BCUT2D eigenvalue weighted by molar-refractivity contribution is 0.0696. The van der Waals surface area contributed by atoms with Crippen LogP contribution in [0.2, 0.25) is 0 Å². The minimum absolute atomic E-state index is 0.0125. The maximum absolute atomic E-state index is 12.6. The second-order valence-corrected chi connectivity index (χ2v) is 5.09. The van der Waals surface area contributed by atoms with Crippen LogP contribution in [0.4, 0.5) is 0 Å². The van der Waals surface area contributed by atoms with Crippen LogP contribution in [-0.2, 0) is 0 Å². The Labute approximate surface area is 119 Å². The standard InChI is InChI=1S/C16H20N2O2/c1-18(14-7-3-2-4-8-14)16(20)15-9-10-17-12-13(15)6-5-11-19/h9-10,12,14,19H,2-4,7-8,11H2,1H3. The fraction of sp³-hybridized carbons (Fsp3) is 0.500. The lowest BCUT2D eigenvalue weighted by Gasteiger charge is -2.31. The van der Waals surface area contributed by atoms with Gasteiger partial charge in [-0.05, 0) is 18.9 Å². The third-order valence-electron chi connectivity index (χ3n) is 3.80. The fourth-order valence-corrected chi connectivity index (χ4v) is 2.64. The van der Waals surface area contributed by atoms with Crippen molar-refractivity contribution in [2.45, 2.75) is 38.1 Å². The number of hydrogen-bond acceptors (Lipinski definition) is 3. The maximum atomic E-state index is 12.6. The second kappa shape index (κ2) is 7.06. The molecule has 4 heteroatoms. The van der Waals surface area contributed by atoms with Gasteiger partial charge in [0.15, 0.2) is 0 Å². The molecule has 0 unspecified atom stereocenters. The summed E-state index contributed by atoms with van der Waals surface area (Å²) < 4.78 is 0. The summed E-state index contributed by atoms with van der Waals surface area (Å²) >= 11 is 0. The van der Waals surface area contributed by atoms with Crippen LogP contribution in [0.25, 0.3) is 0 Å². The second-order valence-electron chi connectivity index (χ2n) is 5.09. The highest BCUT2D eigenvalue weighted by atomic mass is 16.2. The highest BCUT2D eigenvalue weighted by molar-refractivity contribution is 5.96. The van der Waals surface area contributed by atoms with Gasteiger partial charge in [-0.15, -0.1) is 0 Å². The number of carbonyl (C=O) groups is 1. The third kappa shape index (κ3) is 3.37. The number of pyridine rings is 1. The quantitative estimate of drug-likeness (QED) is 0.836. The summed E-state index contributed by atoms with van der Waals surface area (Å²) in [5, 5.41) is 8.78. The van der Waals surface area contributed by atoms with Crippen LogP contribution in [-0.4, -0.2) is 40.6 Å². The van der Waals surface area contributed by atoms with Crippen molar-refractivity contribution in [3.8, 4) is 11.8 Å². The van der Waals surface area contributed by atoms with E-state index in [0.29, 0.717) is 17.2 Å². The summed E-state index contributed by atoms with van der Waals surface area (Å²) in [4.78, 5) is 18.4. The molecule has 1 aromatic heterocycles. The van der Waals surface area contributed by atoms with Gasteiger partial charge >= 0.3 is 0 Å². The van der Waals surface area contributed by atoms with Crippen LogP contribution in [0.1, 0.15) is 48.0 Å². The van der Waals surface area contributed by atoms with E-state index in [4.69, 9.17) is 5.11 Å². The number of aliphatic hydroxyl groups is 1. The number of carbonyl (C=O) groups excluding carboxylic acids is 1. The average molecular weight is 272 g/mol. The van der Waals surface area contributed by atoms with Gasteiger partial charge in [-0.2, -0.15) is 0 Å². The van der Waals surface area contributed by atoms with E-state index < -0.39 is 0 Å². The Bertz CT molecular complexity index is 525. The molecule has 0 saturated heterocycles. The molecule has 2 rings (SSSR count). The number of hydrogen-bond donors (Lipinski definition) is 1. The highest BCUT2D eigenvalue weighted by Crippen LogP contribution is 2.23. The zero-order chi connectivity index (χ0) is 14.4. The molecule has 0 spiro atoms. The molecule has 20 heavy (non-hydrogen) atoms. The van der Waals surface area contributed by atoms with Crippen molar-refractivity contribution in [2.24, 2.45) is 0 Å². The van der Waals surface area contributed by atoms with E-state index in [1.54, 1.807) is 18.5 Å². The Morgan fingerprint density at radius 1 is 1.45 bits per heavy atom. The van der Waals surface area contributed by atoms with Gasteiger partial charge in [0.1, 0.15) is 6.61 Å². The van der Waals surface area contributed by atoms with Crippen molar-refractivity contribution in [3.63, 3.8) is 0 Å². The van der Waals surface area contributed by atoms with E-state index in [9.17, 15) is 4.79 Å². The summed E-state index contributed by atoms with van der Waals surface area (Å²) in [6.45, 7) is -0.221. The van der Waals surface area contributed by atoms with Crippen molar-refractivity contribution in [3.05, 3.63) is 29.6 Å². The van der Waals surface area contributed by atoms with Crippen LogP contribution in [0.15, 0.2) is 18.5 Å². The lowest BCUT2D eigenvalue weighted by Crippen LogP contribution is -2.38. The topological polar surface area (TPSA) is 53.4 Å². The Balaban J connectivity index is 2.19. The molecule has 1 fully saturated rings. The number of nitrogens with zero attached hydrogens (tertiary/aromatic N) is 2. The molecule has 0 radical (unpaired) electrons. The molecule has 4 nitrogen and oxygen atoms in total. The van der Waals surface area contributed by atoms with Crippen LogP contribution in [0, 0.1) is 11.8 Å². The van der Waals surface area contributed by atoms with Gasteiger partial charge in [0.25, 0.3) is 5.91 Å². The first-order valence-electron chi connectivity index (χ1n) is 7.05. The minimum atomic E-state index is -0.221. The van der Waals surface area contributed by atoms with Gasteiger partial charge in [0, 0.05) is 25.5 Å². The normalized spacial score (nSPS) is 15.3.